The van der Waals surface area contributed by atoms with Gasteiger partial charge in [0, 0.05) is 5.69 Å². The molecule has 86 valence electrons. The number of hydrogen-bond donors (Lipinski definition) is 2. The topological polar surface area (TPSA) is 71.1 Å². The molecule has 5 nitrogen and oxygen atoms in total. The van der Waals surface area contributed by atoms with Crippen molar-refractivity contribution < 1.29 is 9.59 Å². The largest absolute Gasteiger partial charge is 0.373 e. The van der Waals surface area contributed by atoms with E-state index in [1.54, 1.807) is 16.8 Å². The Hall–Kier alpha value is -1.95. The van der Waals surface area contributed by atoms with E-state index >= 15 is 0 Å². The predicted octanol–water partition coefficient (Wildman–Crippen LogP) is 1.12. The van der Waals surface area contributed by atoms with E-state index < -0.39 is 6.04 Å². The Morgan fingerprint density at radius 1 is 1.41 bits per heavy atom. The number of amides is 2. The highest BCUT2D eigenvalue weighted by molar-refractivity contribution is 7.16. The van der Waals surface area contributed by atoms with Gasteiger partial charge in [-0.25, -0.2) is 4.98 Å². The molecule has 1 aliphatic heterocycles. The molecule has 1 saturated heterocycles. The van der Waals surface area contributed by atoms with Gasteiger partial charge >= 0.3 is 0 Å². The average molecular weight is 247 g/mol. The first-order valence-corrected chi connectivity index (χ1v) is 6.04. The Labute approximate surface area is 101 Å². The van der Waals surface area contributed by atoms with E-state index in [4.69, 9.17) is 0 Å². The average Bonchev–Trinajstić information content (AvgIpc) is 2.85. The lowest BCUT2D eigenvalue weighted by Crippen LogP contribution is -2.29. The number of aromatic nitrogens is 1. The quantitative estimate of drug-likeness (QED) is 0.780. The van der Waals surface area contributed by atoms with Crippen LogP contribution in [0.25, 0.3) is 10.2 Å². The van der Waals surface area contributed by atoms with Gasteiger partial charge in [0.25, 0.3) is 0 Å². The molecule has 0 saturated carbocycles. The highest BCUT2D eigenvalue weighted by atomic mass is 32.1. The molecule has 2 amide bonds. The summed E-state index contributed by atoms with van der Waals surface area (Å²) < 4.78 is 1.06. The van der Waals surface area contributed by atoms with Crippen LogP contribution in [0.15, 0.2) is 23.7 Å². The maximum absolute atomic E-state index is 11.4. The maximum atomic E-state index is 11.4. The van der Waals surface area contributed by atoms with Crippen molar-refractivity contribution in [2.24, 2.45) is 0 Å². The van der Waals surface area contributed by atoms with Crippen LogP contribution in [0.1, 0.15) is 6.42 Å². The van der Waals surface area contributed by atoms with Gasteiger partial charge in [0.1, 0.15) is 6.04 Å². The molecule has 6 heteroatoms. The molecule has 0 radical (unpaired) electrons. The number of nitrogens with one attached hydrogen (secondary N) is 2. The first kappa shape index (κ1) is 10.2. The fourth-order valence-corrected chi connectivity index (χ4v) is 2.53. The molecule has 1 unspecified atom stereocenters. The van der Waals surface area contributed by atoms with E-state index in [1.165, 1.54) is 0 Å². The van der Waals surface area contributed by atoms with Gasteiger partial charge in [-0.3, -0.25) is 14.9 Å². The second-order valence-corrected chi connectivity index (χ2v) is 4.73. The summed E-state index contributed by atoms with van der Waals surface area (Å²) in [7, 11) is 0. The van der Waals surface area contributed by atoms with Crippen LogP contribution in [0.4, 0.5) is 5.69 Å². The minimum atomic E-state index is -0.465. The lowest BCUT2D eigenvalue weighted by Gasteiger charge is -2.10. The molecule has 0 spiro atoms. The normalized spacial score (nSPS) is 19.6. The van der Waals surface area contributed by atoms with Crippen molar-refractivity contribution in [1.29, 1.82) is 0 Å². The van der Waals surface area contributed by atoms with E-state index in [2.05, 4.69) is 15.6 Å². The molecule has 3 rings (SSSR count). The number of hydrogen-bond acceptors (Lipinski definition) is 5. The zero-order valence-electron chi connectivity index (χ0n) is 8.77. The number of anilines is 1. The zero-order valence-corrected chi connectivity index (χ0v) is 9.58. The molecule has 17 heavy (non-hydrogen) atoms. The third-order valence-electron chi connectivity index (χ3n) is 2.64. The summed E-state index contributed by atoms with van der Waals surface area (Å²) in [4.78, 5) is 26.6. The number of nitrogens with zero attached hydrogens (tertiary/aromatic N) is 1. The molecule has 0 bridgehead atoms. The lowest BCUT2D eigenvalue weighted by molar-refractivity contribution is -0.124. The van der Waals surface area contributed by atoms with Crippen LogP contribution in [0.2, 0.25) is 0 Å². The van der Waals surface area contributed by atoms with Gasteiger partial charge in [0.05, 0.1) is 22.1 Å². The second-order valence-electron chi connectivity index (χ2n) is 3.85. The lowest BCUT2D eigenvalue weighted by atomic mass is 10.2. The van der Waals surface area contributed by atoms with Crippen LogP contribution in [0.5, 0.6) is 0 Å². The van der Waals surface area contributed by atoms with Crippen molar-refractivity contribution in [3.05, 3.63) is 23.7 Å². The van der Waals surface area contributed by atoms with Gasteiger partial charge < -0.3 is 5.32 Å². The molecule has 2 heterocycles. The van der Waals surface area contributed by atoms with Gasteiger partial charge in [-0.2, -0.15) is 0 Å². The maximum Gasteiger partial charge on any atom is 0.249 e. The second kappa shape index (κ2) is 3.81. The summed E-state index contributed by atoms with van der Waals surface area (Å²) in [5, 5.41) is 5.32. The molecule has 0 aliphatic carbocycles. The number of benzene rings is 1. The van der Waals surface area contributed by atoms with Crippen molar-refractivity contribution >= 4 is 39.1 Å². The van der Waals surface area contributed by atoms with E-state index in [1.807, 2.05) is 18.2 Å². The van der Waals surface area contributed by atoms with Crippen LogP contribution < -0.4 is 10.6 Å². The van der Waals surface area contributed by atoms with Crippen molar-refractivity contribution in [1.82, 2.24) is 10.3 Å². The Kier molecular flexibility index (Phi) is 2.29. The number of carbonyl (C=O) groups excluding carboxylic acids is 2. The molecule has 1 atom stereocenters. The molecule has 1 aromatic heterocycles. The summed E-state index contributed by atoms with van der Waals surface area (Å²) in [6.45, 7) is 0. The highest BCUT2D eigenvalue weighted by Crippen LogP contribution is 2.23. The first-order chi connectivity index (χ1) is 8.22. The third kappa shape index (κ3) is 1.87. The van der Waals surface area contributed by atoms with Gasteiger partial charge in [-0.05, 0) is 18.2 Å². The van der Waals surface area contributed by atoms with E-state index in [9.17, 15) is 9.59 Å². The monoisotopic (exact) mass is 247 g/mol. The number of fused-ring (bicyclic) bond motifs is 1. The first-order valence-electron chi connectivity index (χ1n) is 5.16. The highest BCUT2D eigenvalue weighted by Gasteiger charge is 2.30. The Balaban J connectivity index is 1.84. The summed E-state index contributed by atoms with van der Waals surface area (Å²) in [6.07, 6.45) is 0.194. The molecular formula is C11H9N3O2S. The van der Waals surface area contributed by atoms with Crippen LogP contribution in [-0.2, 0) is 9.59 Å². The predicted molar refractivity (Wildman–Crippen MR) is 64.8 cm³/mol. The summed E-state index contributed by atoms with van der Waals surface area (Å²) in [6, 6.07) is 5.22. The third-order valence-corrected chi connectivity index (χ3v) is 3.43. The standard InChI is InChI=1S/C11H9N3O2S/c15-10-4-8(11(16)14-10)13-6-1-2-7-9(3-6)17-5-12-7/h1-3,5,8,13H,4H2,(H,14,15,16). The number of rotatable bonds is 2. The van der Waals surface area contributed by atoms with Crippen LogP contribution >= 0.6 is 11.3 Å². The number of thiazole rings is 1. The van der Waals surface area contributed by atoms with Crippen LogP contribution in [0, 0.1) is 0 Å². The van der Waals surface area contributed by atoms with Crippen LogP contribution in [0.3, 0.4) is 0 Å². The molecule has 2 aromatic rings. The van der Waals surface area contributed by atoms with Gasteiger partial charge in [0.2, 0.25) is 11.8 Å². The van der Waals surface area contributed by atoms with Crippen LogP contribution in [-0.4, -0.2) is 22.8 Å². The molecule has 1 aliphatic rings. The summed E-state index contributed by atoms with van der Waals surface area (Å²) in [5.74, 6) is -0.495. The SMILES string of the molecule is O=C1CC(Nc2ccc3ncsc3c2)C(=O)N1. The van der Waals surface area contributed by atoms with Crippen molar-refractivity contribution in [2.45, 2.75) is 12.5 Å². The van der Waals surface area contributed by atoms with Crippen molar-refractivity contribution in [2.75, 3.05) is 5.32 Å². The smallest absolute Gasteiger partial charge is 0.249 e. The fourth-order valence-electron chi connectivity index (χ4n) is 1.82. The summed E-state index contributed by atoms with van der Waals surface area (Å²) in [5.41, 5.74) is 3.55. The van der Waals surface area contributed by atoms with E-state index in [0.717, 1.165) is 15.9 Å². The van der Waals surface area contributed by atoms with Gasteiger partial charge in [-0.15, -0.1) is 11.3 Å². The minimum Gasteiger partial charge on any atom is -0.373 e. The molecular weight excluding hydrogens is 238 g/mol. The Morgan fingerprint density at radius 2 is 2.29 bits per heavy atom. The van der Waals surface area contributed by atoms with Gasteiger partial charge in [-0.1, -0.05) is 0 Å². The molecule has 1 fully saturated rings. The van der Waals surface area contributed by atoms with Crippen molar-refractivity contribution in [3.63, 3.8) is 0 Å². The Morgan fingerprint density at radius 3 is 3.06 bits per heavy atom. The van der Waals surface area contributed by atoms with E-state index in [0.29, 0.717) is 0 Å². The number of imide groups is 1. The molecule has 1 aromatic carbocycles. The van der Waals surface area contributed by atoms with Crippen molar-refractivity contribution in [3.8, 4) is 0 Å². The Bertz CT molecular complexity index is 608. The fraction of sp³-hybridized carbons (Fsp3) is 0.182. The summed E-state index contributed by atoms with van der Waals surface area (Å²) >= 11 is 1.54. The number of carbonyl (C=O) groups is 2. The minimum absolute atomic E-state index is 0.194. The van der Waals surface area contributed by atoms with E-state index in [-0.39, 0.29) is 18.2 Å². The zero-order chi connectivity index (χ0) is 11.8. The van der Waals surface area contributed by atoms with Gasteiger partial charge in [0.15, 0.2) is 0 Å². The molecule has 2 N–H and O–H groups in total.